The van der Waals surface area contributed by atoms with Crippen molar-refractivity contribution < 1.29 is 8.83 Å². The summed E-state index contributed by atoms with van der Waals surface area (Å²) in [5, 5.41) is 6.62. The van der Waals surface area contributed by atoms with Crippen LogP contribution in [-0.4, -0.2) is 19.5 Å². The smallest absolute Gasteiger partial charge is 0.164 e. The molecule has 6 heteroatoms. The second-order valence-corrected chi connectivity index (χ2v) is 14.4. The maximum Gasteiger partial charge on any atom is 0.164 e. The average Bonchev–Trinajstić information content (AvgIpc) is 3.95. The van der Waals surface area contributed by atoms with Gasteiger partial charge in [-0.15, -0.1) is 0 Å². The van der Waals surface area contributed by atoms with Crippen LogP contribution in [0.2, 0.25) is 0 Å². The summed E-state index contributed by atoms with van der Waals surface area (Å²) >= 11 is 0. The summed E-state index contributed by atoms with van der Waals surface area (Å²) in [4.78, 5) is 14.8. The summed E-state index contributed by atoms with van der Waals surface area (Å²) < 4.78 is 15.4. The largest absolute Gasteiger partial charge is 0.456 e. The molecule has 12 rings (SSSR count). The van der Waals surface area contributed by atoms with Gasteiger partial charge >= 0.3 is 0 Å². The standard InChI is InChI=1S/C51H30N4O2/c1-3-12-31(13-4-1)49-52-50(32-14-5-2-6-15-32)54-51(53-49)34-23-26-46-41(29-34)40-28-33(22-25-45(40)56-46)36-18-11-19-39-42-30-35(24-27-47(42)57-48(36)39)55-43-20-9-7-16-37(43)38-17-8-10-21-44(38)55/h1-30H. The fraction of sp³-hybridized carbons (Fsp3) is 0. The van der Waals surface area contributed by atoms with E-state index < -0.39 is 0 Å². The van der Waals surface area contributed by atoms with Crippen molar-refractivity contribution in [3.05, 3.63) is 182 Å². The quantitative estimate of drug-likeness (QED) is 0.176. The molecule has 0 aliphatic heterocycles. The summed E-state index contributed by atoms with van der Waals surface area (Å²) in [6.45, 7) is 0. The van der Waals surface area contributed by atoms with Gasteiger partial charge in [-0.05, 0) is 66.2 Å². The molecule has 0 aliphatic rings. The highest BCUT2D eigenvalue weighted by atomic mass is 16.3. The molecule has 0 unspecified atom stereocenters. The van der Waals surface area contributed by atoms with E-state index >= 15 is 0 Å². The van der Waals surface area contributed by atoms with Gasteiger partial charge in [-0.3, -0.25) is 0 Å². The molecule has 0 aliphatic carbocycles. The second-order valence-electron chi connectivity index (χ2n) is 14.4. The first kappa shape index (κ1) is 31.5. The molecule has 0 atom stereocenters. The van der Waals surface area contributed by atoms with Crippen molar-refractivity contribution in [2.45, 2.75) is 0 Å². The predicted molar refractivity (Wildman–Crippen MR) is 230 cm³/mol. The topological polar surface area (TPSA) is 69.9 Å². The third-order valence-corrected chi connectivity index (χ3v) is 11.1. The number of rotatable bonds is 5. The van der Waals surface area contributed by atoms with Gasteiger partial charge in [-0.1, -0.05) is 121 Å². The van der Waals surface area contributed by atoms with Crippen LogP contribution in [0.5, 0.6) is 0 Å². The van der Waals surface area contributed by atoms with E-state index in [0.717, 1.165) is 77.4 Å². The van der Waals surface area contributed by atoms with Crippen molar-refractivity contribution in [3.8, 4) is 51.0 Å². The van der Waals surface area contributed by atoms with Crippen LogP contribution in [0, 0.1) is 0 Å². The Labute approximate surface area is 325 Å². The first-order valence-electron chi connectivity index (χ1n) is 19.0. The zero-order valence-corrected chi connectivity index (χ0v) is 30.4. The minimum absolute atomic E-state index is 0.599. The van der Waals surface area contributed by atoms with E-state index in [1.807, 2.05) is 72.8 Å². The lowest BCUT2D eigenvalue weighted by molar-refractivity contribution is 0.668. The molecule has 0 spiro atoms. The third-order valence-electron chi connectivity index (χ3n) is 11.1. The Bertz CT molecular complexity index is 3410. The van der Waals surface area contributed by atoms with Gasteiger partial charge < -0.3 is 13.4 Å². The van der Waals surface area contributed by atoms with Gasteiger partial charge in [-0.2, -0.15) is 0 Å². The third kappa shape index (κ3) is 5.01. The zero-order valence-electron chi connectivity index (χ0n) is 30.4. The fourth-order valence-corrected chi connectivity index (χ4v) is 8.38. The highest BCUT2D eigenvalue weighted by molar-refractivity contribution is 6.13. The molecule has 266 valence electrons. The Morgan fingerprint density at radius 1 is 0.333 bits per heavy atom. The molecule has 12 aromatic rings. The van der Waals surface area contributed by atoms with Crippen molar-refractivity contribution >= 4 is 65.7 Å². The molecule has 4 heterocycles. The van der Waals surface area contributed by atoms with E-state index in [-0.39, 0.29) is 0 Å². The van der Waals surface area contributed by atoms with Gasteiger partial charge in [0, 0.05) is 60.3 Å². The van der Waals surface area contributed by atoms with Gasteiger partial charge in [0.2, 0.25) is 0 Å². The molecule has 8 aromatic carbocycles. The lowest BCUT2D eigenvalue weighted by atomic mass is 10.00. The minimum atomic E-state index is 0.599. The summed E-state index contributed by atoms with van der Waals surface area (Å²) in [7, 11) is 0. The van der Waals surface area contributed by atoms with E-state index in [2.05, 4.69) is 114 Å². The summed E-state index contributed by atoms with van der Waals surface area (Å²) in [6, 6.07) is 62.7. The highest BCUT2D eigenvalue weighted by Gasteiger charge is 2.19. The number of benzene rings is 8. The number of nitrogens with zero attached hydrogens (tertiary/aromatic N) is 4. The molecule has 0 saturated carbocycles. The van der Waals surface area contributed by atoms with Crippen LogP contribution in [0.25, 0.3) is 117 Å². The maximum absolute atomic E-state index is 6.68. The summed E-state index contributed by atoms with van der Waals surface area (Å²) in [5.74, 6) is 1.85. The van der Waals surface area contributed by atoms with E-state index in [0.29, 0.717) is 17.5 Å². The first-order chi connectivity index (χ1) is 28.2. The van der Waals surface area contributed by atoms with Crippen LogP contribution in [0.4, 0.5) is 0 Å². The van der Waals surface area contributed by atoms with Crippen LogP contribution >= 0.6 is 0 Å². The van der Waals surface area contributed by atoms with Crippen molar-refractivity contribution in [3.63, 3.8) is 0 Å². The molecule has 4 aromatic heterocycles. The normalized spacial score (nSPS) is 11.9. The summed E-state index contributed by atoms with van der Waals surface area (Å²) in [5.41, 5.74) is 11.6. The fourth-order valence-electron chi connectivity index (χ4n) is 8.38. The Hall–Kier alpha value is -7.83. The lowest BCUT2D eigenvalue weighted by Gasteiger charge is -2.08. The van der Waals surface area contributed by atoms with Crippen LogP contribution in [0.3, 0.4) is 0 Å². The molecule has 0 radical (unpaired) electrons. The molecular weight excluding hydrogens is 701 g/mol. The Balaban J connectivity index is 0.988. The Morgan fingerprint density at radius 2 is 0.825 bits per heavy atom. The van der Waals surface area contributed by atoms with E-state index in [4.69, 9.17) is 23.8 Å². The summed E-state index contributed by atoms with van der Waals surface area (Å²) in [6.07, 6.45) is 0. The number of hydrogen-bond donors (Lipinski definition) is 0. The molecule has 0 fully saturated rings. The van der Waals surface area contributed by atoms with Gasteiger partial charge in [0.25, 0.3) is 0 Å². The Kier molecular flexibility index (Phi) is 6.83. The van der Waals surface area contributed by atoms with Crippen LogP contribution < -0.4 is 0 Å². The first-order valence-corrected chi connectivity index (χ1v) is 19.0. The van der Waals surface area contributed by atoms with Crippen molar-refractivity contribution in [1.82, 2.24) is 19.5 Å². The molecule has 0 amide bonds. The monoisotopic (exact) mass is 730 g/mol. The van der Waals surface area contributed by atoms with Crippen molar-refractivity contribution in [2.24, 2.45) is 0 Å². The second kappa shape index (κ2) is 12.3. The predicted octanol–water partition coefficient (Wildman–Crippen LogP) is 13.4. The molecule has 6 nitrogen and oxygen atoms in total. The van der Waals surface area contributed by atoms with E-state index in [9.17, 15) is 0 Å². The van der Waals surface area contributed by atoms with Gasteiger partial charge in [-0.25, -0.2) is 15.0 Å². The molecule has 0 N–H and O–H groups in total. The highest BCUT2D eigenvalue weighted by Crippen LogP contribution is 2.41. The van der Waals surface area contributed by atoms with Crippen LogP contribution in [-0.2, 0) is 0 Å². The van der Waals surface area contributed by atoms with Gasteiger partial charge in [0.15, 0.2) is 17.5 Å². The van der Waals surface area contributed by atoms with Gasteiger partial charge in [0.05, 0.1) is 11.0 Å². The van der Waals surface area contributed by atoms with Crippen molar-refractivity contribution in [1.29, 1.82) is 0 Å². The van der Waals surface area contributed by atoms with E-state index in [1.165, 1.54) is 21.8 Å². The minimum Gasteiger partial charge on any atom is -0.456 e. The van der Waals surface area contributed by atoms with Crippen molar-refractivity contribution in [2.75, 3.05) is 0 Å². The number of fused-ring (bicyclic) bond motifs is 9. The SMILES string of the molecule is c1ccc(-c2nc(-c3ccccc3)nc(-c3ccc4oc5ccc(-c6cccc7c6oc6ccc(-n8c9ccccc9c9ccccc98)cc67)cc5c4c3)n2)cc1. The molecular formula is C51H30N4O2. The van der Waals surface area contributed by atoms with Gasteiger partial charge in [0.1, 0.15) is 22.3 Å². The zero-order chi connectivity index (χ0) is 37.5. The maximum atomic E-state index is 6.68. The lowest BCUT2D eigenvalue weighted by Crippen LogP contribution is -2.00. The average molecular weight is 731 g/mol. The number of furan rings is 2. The van der Waals surface area contributed by atoms with E-state index in [1.54, 1.807) is 0 Å². The number of hydrogen-bond acceptors (Lipinski definition) is 5. The molecule has 0 saturated heterocycles. The molecule has 0 bridgehead atoms. The molecule has 57 heavy (non-hydrogen) atoms. The number of aromatic nitrogens is 4. The van der Waals surface area contributed by atoms with Crippen LogP contribution in [0.1, 0.15) is 0 Å². The Morgan fingerprint density at radius 3 is 1.47 bits per heavy atom. The number of para-hydroxylation sites is 3. The van der Waals surface area contributed by atoms with Crippen LogP contribution in [0.15, 0.2) is 191 Å².